The topological polar surface area (TPSA) is 113 Å². The van der Waals surface area contributed by atoms with Gasteiger partial charge < -0.3 is 10.6 Å². The quantitative estimate of drug-likeness (QED) is 0.568. The lowest BCUT2D eigenvalue weighted by atomic mass is 10.1. The highest BCUT2D eigenvalue weighted by Gasteiger charge is 2.16. The van der Waals surface area contributed by atoms with Gasteiger partial charge in [0.1, 0.15) is 0 Å². The summed E-state index contributed by atoms with van der Waals surface area (Å²) in [4.78, 5) is 20.4. The van der Waals surface area contributed by atoms with Gasteiger partial charge in [-0.2, -0.15) is 0 Å². The number of sulfonamides is 1. The van der Waals surface area contributed by atoms with E-state index in [0.29, 0.717) is 22.8 Å². The molecule has 3 rings (SSSR count). The Morgan fingerprint density at radius 2 is 1.30 bits per heavy atom. The summed E-state index contributed by atoms with van der Waals surface area (Å²) in [5, 5.41) is 5.45. The number of nitrogens with one attached hydrogen (secondary N) is 3. The van der Waals surface area contributed by atoms with Crippen molar-refractivity contribution < 1.29 is 13.2 Å². The first kappa shape index (κ1) is 21.3. The molecule has 0 saturated carbocycles. The number of aryl methyl sites for hydroxylation is 4. The van der Waals surface area contributed by atoms with Gasteiger partial charge in [0.2, 0.25) is 5.95 Å². The standard InChI is InChI=1S/C21H23N5O3S/c1-13-9-14(2)11-18(10-13)25-21(27)24-17-5-7-19(8-6-17)30(28,29)26-20-22-15(3)12-16(4)23-20/h5-12H,1-4H3,(H,22,23,26)(H2,24,25,27). The molecule has 0 aliphatic rings. The zero-order chi connectivity index (χ0) is 21.9. The van der Waals surface area contributed by atoms with E-state index in [4.69, 9.17) is 0 Å². The Balaban J connectivity index is 1.68. The Morgan fingerprint density at radius 1 is 0.767 bits per heavy atom. The average Bonchev–Trinajstić information content (AvgIpc) is 2.59. The number of amides is 2. The number of rotatable bonds is 5. The molecule has 0 saturated heterocycles. The van der Waals surface area contributed by atoms with E-state index in [0.717, 1.165) is 11.1 Å². The molecule has 1 heterocycles. The predicted octanol–water partition coefficient (Wildman–Crippen LogP) is 4.16. The normalized spacial score (nSPS) is 11.1. The number of urea groups is 1. The molecule has 0 aliphatic carbocycles. The smallest absolute Gasteiger partial charge is 0.308 e. The molecule has 30 heavy (non-hydrogen) atoms. The molecule has 0 atom stereocenters. The van der Waals surface area contributed by atoms with Crippen molar-refractivity contribution in [2.45, 2.75) is 32.6 Å². The van der Waals surface area contributed by atoms with Crippen LogP contribution in [0.2, 0.25) is 0 Å². The van der Waals surface area contributed by atoms with Crippen molar-refractivity contribution in [3.05, 3.63) is 71.0 Å². The lowest BCUT2D eigenvalue weighted by molar-refractivity contribution is 0.262. The number of hydrogen-bond donors (Lipinski definition) is 3. The van der Waals surface area contributed by atoms with Gasteiger partial charge in [-0.05, 0) is 81.3 Å². The molecular weight excluding hydrogens is 402 g/mol. The van der Waals surface area contributed by atoms with Crippen LogP contribution in [0.5, 0.6) is 0 Å². The molecule has 0 unspecified atom stereocenters. The maximum absolute atomic E-state index is 12.6. The molecule has 0 bridgehead atoms. The molecule has 0 fully saturated rings. The fraction of sp³-hybridized carbons (Fsp3) is 0.190. The summed E-state index contributed by atoms with van der Waals surface area (Å²) < 4.78 is 27.5. The second-order valence-electron chi connectivity index (χ2n) is 7.06. The fourth-order valence-electron chi connectivity index (χ4n) is 3.01. The van der Waals surface area contributed by atoms with E-state index in [1.54, 1.807) is 19.9 Å². The largest absolute Gasteiger partial charge is 0.323 e. The summed E-state index contributed by atoms with van der Waals surface area (Å²) in [6, 6.07) is 12.9. The van der Waals surface area contributed by atoms with Gasteiger partial charge in [0.15, 0.2) is 0 Å². The monoisotopic (exact) mass is 425 g/mol. The van der Waals surface area contributed by atoms with E-state index in [2.05, 4.69) is 25.3 Å². The summed E-state index contributed by atoms with van der Waals surface area (Å²) in [5.74, 6) is 0.0162. The lowest BCUT2D eigenvalue weighted by Gasteiger charge is -2.11. The van der Waals surface area contributed by atoms with Crippen molar-refractivity contribution in [1.82, 2.24) is 9.97 Å². The summed E-state index contributed by atoms with van der Waals surface area (Å²) in [6.45, 7) is 7.42. The first-order valence-corrected chi connectivity index (χ1v) is 10.7. The fourth-order valence-corrected chi connectivity index (χ4v) is 3.95. The van der Waals surface area contributed by atoms with E-state index < -0.39 is 16.1 Å². The number of carbonyl (C=O) groups is 1. The number of hydrogen-bond acceptors (Lipinski definition) is 5. The second kappa shape index (κ2) is 8.50. The summed E-state index contributed by atoms with van der Waals surface area (Å²) in [5.41, 5.74) is 4.55. The first-order chi connectivity index (χ1) is 14.1. The van der Waals surface area contributed by atoms with E-state index in [-0.39, 0.29) is 10.8 Å². The minimum atomic E-state index is -3.85. The van der Waals surface area contributed by atoms with Gasteiger partial charge in [0.05, 0.1) is 4.90 Å². The van der Waals surface area contributed by atoms with Gasteiger partial charge in [0, 0.05) is 22.8 Å². The highest BCUT2D eigenvalue weighted by molar-refractivity contribution is 7.92. The number of anilines is 3. The molecule has 8 nitrogen and oxygen atoms in total. The maximum atomic E-state index is 12.6. The molecule has 1 aromatic heterocycles. The van der Waals surface area contributed by atoms with Gasteiger partial charge in [-0.15, -0.1) is 0 Å². The van der Waals surface area contributed by atoms with Crippen LogP contribution in [0.1, 0.15) is 22.5 Å². The van der Waals surface area contributed by atoms with Gasteiger partial charge in [0.25, 0.3) is 10.0 Å². The molecule has 2 amide bonds. The maximum Gasteiger partial charge on any atom is 0.323 e. The molecule has 156 valence electrons. The average molecular weight is 426 g/mol. The van der Waals surface area contributed by atoms with Crippen molar-refractivity contribution in [3.8, 4) is 0 Å². The third-order valence-electron chi connectivity index (χ3n) is 4.11. The van der Waals surface area contributed by atoms with Crippen LogP contribution in [0.3, 0.4) is 0 Å². The van der Waals surface area contributed by atoms with Crippen LogP contribution in [-0.2, 0) is 10.0 Å². The molecule has 0 aliphatic heterocycles. The van der Waals surface area contributed by atoms with Crippen LogP contribution < -0.4 is 15.4 Å². The molecule has 0 spiro atoms. The van der Waals surface area contributed by atoms with Gasteiger partial charge in [-0.1, -0.05) is 6.07 Å². The highest BCUT2D eigenvalue weighted by Crippen LogP contribution is 2.18. The number of benzene rings is 2. The second-order valence-corrected chi connectivity index (χ2v) is 8.74. The summed E-state index contributed by atoms with van der Waals surface area (Å²) in [6.07, 6.45) is 0. The van der Waals surface area contributed by atoms with Gasteiger partial charge in [-0.25, -0.2) is 27.9 Å². The zero-order valence-corrected chi connectivity index (χ0v) is 18.0. The van der Waals surface area contributed by atoms with Gasteiger partial charge in [-0.3, -0.25) is 0 Å². The zero-order valence-electron chi connectivity index (χ0n) is 17.1. The van der Waals surface area contributed by atoms with Crippen LogP contribution in [0, 0.1) is 27.7 Å². The minimum Gasteiger partial charge on any atom is -0.308 e. The number of aromatic nitrogens is 2. The third-order valence-corrected chi connectivity index (χ3v) is 5.45. The van der Waals surface area contributed by atoms with E-state index in [9.17, 15) is 13.2 Å². The SMILES string of the molecule is Cc1cc(C)cc(NC(=O)Nc2ccc(S(=O)(=O)Nc3nc(C)cc(C)n3)cc2)c1. The van der Waals surface area contributed by atoms with Gasteiger partial charge >= 0.3 is 6.03 Å². The molecule has 3 N–H and O–H groups in total. The minimum absolute atomic E-state index is 0.0162. The van der Waals surface area contributed by atoms with E-state index in [1.807, 2.05) is 32.0 Å². The van der Waals surface area contributed by atoms with Crippen molar-refractivity contribution in [3.63, 3.8) is 0 Å². The third kappa shape index (κ3) is 5.54. The molecule has 0 radical (unpaired) electrons. The summed E-state index contributed by atoms with van der Waals surface area (Å²) >= 11 is 0. The van der Waals surface area contributed by atoms with E-state index in [1.165, 1.54) is 24.3 Å². The Bertz CT molecular complexity index is 1150. The number of carbonyl (C=O) groups excluding carboxylic acids is 1. The van der Waals surface area contributed by atoms with Crippen molar-refractivity contribution >= 4 is 33.4 Å². The summed E-state index contributed by atoms with van der Waals surface area (Å²) in [7, 11) is -3.85. The van der Waals surface area contributed by atoms with Crippen LogP contribution in [0.4, 0.5) is 22.1 Å². The molecule has 2 aromatic carbocycles. The Morgan fingerprint density at radius 3 is 1.87 bits per heavy atom. The first-order valence-electron chi connectivity index (χ1n) is 9.22. The predicted molar refractivity (Wildman–Crippen MR) is 117 cm³/mol. The van der Waals surface area contributed by atoms with Crippen LogP contribution >= 0.6 is 0 Å². The molecule has 9 heteroatoms. The van der Waals surface area contributed by atoms with Crippen molar-refractivity contribution in [2.75, 3.05) is 15.4 Å². The Kier molecular flexibility index (Phi) is 6.02. The Hall–Kier alpha value is -3.46. The highest BCUT2D eigenvalue weighted by atomic mass is 32.2. The Labute approximate surface area is 175 Å². The molecular formula is C21H23N5O3S. The van der Waals surface area contributed by atoms with Crippen LogP contribution in [0.25, 0.3) is 0 Å². The lowest BCUT2D eigenvalue weighted by Crippen LogP contribution is -2.20. The van der Waals surface area contributed by atoms with Crippen molar-refractivity contribution in [2.24, 2.45) is 0 Å². The van der Waals surface area contributed by atoms with Crippen molar-refractivity contribution in [1.29, 1.82) is 0 Å². The van der Waals surface area contributed by atoms with Crippen LogP contribution in [-0.4, -0.2) is 24.4 Å². The van der Waals surface area contributed by atoms with Crippen LogP contribution in [0.15, 0.2) is 53.4 Å². The van der Waals surface area contributed by atoms with E-state index >= 15 is 0 Å². The number of nitrogens with zero attached hydrogens (tertiary/aromatic N) is 2. The molecule has 3 aromatic rings.